The molecule has 0 saturated heterocycles. The highest BCUT2D eigenvalue weighted by atomic mass is 32.1. The van der Waals surface area contributed by atoms with Gasteiger partial charge in [-0.2, -0.15) is 13.2 Å². The van der Waals surface area contributed by atoms with E-state index in [2.05, 4.69) is 12.2 Å². The molecule has 0 saturated carbocycles. The van der Waals surface area contributed by atoms with Gasteiger partial charge in [0.15, 0.2) is 0 Å². The third kappa shape index (κ3) is 5.13. The van der Waals surface area contributed by atoms with Crippen molar-refractivity contribution in [3.8, 4) is 11.5 Å². The summed E-state index contributed by atoms with van der Waals surface area (Å²) < 4.78 is 51.5. The molecule has 0 aromatic heterocycles. The molecule has 3 nitrogen and oxygen atoms in total. The monoisotopic (exact) mass is 397 g/mol. The fourth-order valence-corrected chi connectivity index (χ4v) is 2.85. The van der Waals surface area contributed by atoms with Crippen molar-refractivity contribution in [3.05, 3.63) is 58.1 Å². The molecule has 0 radical (unpaired) electrons. The van der Waals surface area contributed by atoms with Gasteiger partial charge in [0.1, 0.15) is 18.1 Å². The van der Waals surface area contributed by atoms with E-state index in [9.17, 15) is 13.2 Å². The molecule has 0 aliphatic carbocycles. The van der Waals surface area contributed by atoms with E-state index in [0.717, 1.165) is 23.6 Å². The van der Waals surface area contributed by atoms with Crippen molar-refractivity contribution >= 4 is 17.4 Å². The Morgan fingerprint density at radius 1 is 1.11 bits per heavy atom. The largest absolute Gasteiger partial charge is 0.488 e. The van der Waals surface area contributed by atoms with Crippen LogP contribution in [0.1, 0.15) is 34.7 Å². The zero-order valence-corrected chi connectivity index (χ0v) is 16.5. The fraction of sp³-hybridized carbons (Fsp3) is 0.350. The minimum Gasteiger partial charge on any atom is -0.488 e. The SMILES string of the molecule is CCc1cc(C)c(OCc2c(OC(=S)NC)cccc2C(F)(F)F)cc1C. The van der Waals surface area contributed by atoms with Crippen molar-refractivity contribution in [2.75, 3.05) is 7.05 Å². The standard InChI is InChI=1S/C20H22F3NO2S/c1-5-14-9-13(3)18(10-12(14)2)25-11-15-16(20(21,22)23)7-6-8-17(15)26-19(27)24-4/h6-10H,5,11H2,1-4H3,(H,24,27). The minimum atomic E-state index is -4.53. The highest BCUT2D eigenvalue weighted by molar-refractivity contribution is 7.80. The molecule has 0 spiro atoms. The molecular weight excluding hydrogens is 375 g/mol. The quantitative estimate of drug-likeness (QED) is 0.690. The number of thiocarbonyl (C=S) groups is 1. The van der Waals surface area contributed by atoms with Gasteiger partial charge in [-0.3, -0.25) is 0 Å². The Hall–Kier alpha value is -2.28. The lowest BCUT2D eigenvalue weighted by atomic mass is 10.0. The number of nitrogens with one attached hydrogen (secondary N) is 1. The predicted molar refractivity (Wildman–Crippen MR) is 103 cm³/mol. The van der Waals surface area contributed by atoms with Gasteiger partial charge in [0.25, 0.3) is 5.17 Å². The molecule has 0 fully saturated rings. The van der Waals surface area contributed by atoms with Crippen LogP contribution in [0.5, 0.6) is 11.5 Å². The predicted octanol–water partition coefficient (Wildman–Crippen LogP) is 5.35. The summed E-state index contributed by atoms with van der Waals surface area (Å²) in [7, 11) is 1.54. The summed E-state index contributed by atoms with van der Waals surface area (Å²) in [6, 6.07) is 7.57. The molecule has 7 heteroatoms. The highest BCUT2D eigenvalue weighted by Crippen LogP contribution is 2.37. The lowest BCUT2D eigenvalue weighted by molar-refractivity contribution is -0.138. The Morgan fingerprint density at radius 2 is 1.81 bits per heavy atom. The normalized spacial score (nSPS) is 11.2. The first-order valence-electron chi connectivity index (χ1n) is 8.49. The van der Waals surface area contributed by atoms with E-state index in [1.807, 2.05) is 26.0 Å². The van der Waals surface area contributed by atoms with Crippen LogP contribution in [0.3, 0.4) is 0 Å². The third-order valence-electron chi connectivity index (χ3n) is 4.23. The Labute approximate surface area is 162 Å². The van der Waals surface area contributed by atoms with Crippen LogP contribution in [-0.2, 0) is 19.2 Å². The first-order valence-corrected chi connectivity index (χ1v) is 8.89. The van der Waals surface area contributed by atoms with Crippen LogP contribution in [0.2, 0.25) is 0 Å². The van der Waals surface area contributed by atoms with Crippen molar-refractivity contribution in [2.45, 2.75) is 40.0 Å². The maximum atomic E-state index is 13.5. The van der Waals surface area contributed by atoms with Gasteiger partial charge in [0.05, 0.1) is 5.56 Å². The number of rotatable bonds is 5. The average molecular weight is 397 g/mol. The van der Waals surface area contributed by atoms with Crippen LogP contribution in [0.15, 0.2) is 30.3 Å². The van der Waals surface area contributed by atoms with Gasteiger partial charge < -0.3 is 14.8 Å². The van der Waals surface area contributed by atoms with E-state index in [1.54, 1.807) is 0 Å². The summed E-state index contributed by atoms with van der Waals surface area (Å²) in [6.45, 7) is 5.59. The molecular formula is C20H22F3NO2S. The fourth-order valence-electron chi connectivity index (χ4n) is 2.76. The summed E-state index contributed by atoms with van der Waals surface area (Å²) in [4.78, 5) is 0. The van der Waals surface area contributed by atoms with Crippen LogP contribution in [-0.4, -0.2) is 12.2 Å². The van der Waals surface area contributed by atoms with Gasteiger partial charge in [-0.25, -0.2) is 0 Å². The Balaban J connectivity index is 2.39. The third-order valence-corrected chi connectivity index (χ3v) is 4.52. The van der Waals surface area contributed by atoms with Crippen LogP contribution >= 0.6 is 12.2 Å². The molecule has 146 valence electrons. The summed E-state index contributed by atoms with van der Waals surface area (Å²) in [5.41, 5.74) is 2.18. The lowest BCUT2D eigenvalue weighted by Gasteiger charge is -2.19. The number of alkyl halides is 3. The van der Waals surface area contributed by atoms with E-state index in [-0.39, 0.29) is 23.1 Å². The van der Waals surface area contributed by atoms with Crippen molar-refractivity contribution in [2.24, 2.45) is 0 Å². The number of ether oxygens (including phenoxy) is 2. The summed E-state index contributed by atoms with van der Waals surface area (Å²) in [5.74, 6) is 0.563. The maximum Gasteiger partial charge on any atom is 0.416 e. The van der Waals surface area contributed by atoms with Crippen molar-refractivity contribution in [3.63, 3.8) is 0 Å². The number of benzene rings is 2. The zero-order valence-electron chi connectivity index (χ0n) is 15.7. The van der Waals surface area contributed by atoms with Crippen LogP contribution in [0.4, 0.5) is 13.2 Å². The average Bonchev–Trinajstić information content (AvgIpc) is 2.61. The molecule has 0 amide bonds. The molecule has 2 aromatic rings. The molecule has 2 aromatic carbocycles. The topological polar surface area (TPSA) is 30.5 Å². The van der Waals surface area contributed by atoms with Gasteiger partial charge in [-0.15, -0.1) is 0 Å². The van der Waals surface area contributed by atoms with Crippen molar-refractivity contribution in [1.82, 2.24) is 5.32 Å². The smallest absolute Gasteiger partial charge is 0.416 e. The second-order valence-corrected chi connectivity index (χ2v) is 6.48. The number of halogens is 3. The molecule has 0 heterocycles. The van der Waals surface area contributed by atoms with Crippen LogP contribution in [0.25, 0.3) is 0 Å². The van der Waals surface area contributed by atoms with Crippen molar-refractivity contribution < 1.29 is 22.6 Å². The zero-order chi connectivity index (χ0) is 20.2. The molecule has 1 N–H and O–H groups in total. The Morgan fingerprint density at radius 3 is 2.41 bits per heavy atom. The van der Waals surface area contributed by atoms with Gasteiger partial charge >= 0.3 is 6.18 Å². The number of aryl methyl sites for hydroxylation is 3. The number of hydrogen-bond donors (Lipinski definition) is 1. The van der Waals surface area contributed by atoms with Crippen LogP contribution < -0.4 is 14.8 Å². The van der Waals surface area contributed by atoms with Gasteiger partial charge in [-0.05, 0) is 67.4 Å². The van der Waals surface area contributed by atoms with E-state index < -0.39 is 11.7 Å². The molecule has 0 bridgehead atoms. The molecule has 0 aliphatic rings. The van der Waals surface area contributed by atoms with E-state index >= 15 is 0 Å². The van der Waals surface area contributed by atoms with E-state index in [4.69, 9.17) is 21.7 Å². The first kappa shape index (κ1) is 21.0. The highest BCUT2D eigenvalue weighted by Gasteiger charge is 2.35. The second kappa shape index (κ2) is 8.61. The molecule has 27 heavy (non-hydrogen) atoms. The molecule has 0 aliphatic heterocycles. The minimum absolute atomic E-state index is 0.0173. The Bertz CT molecular complexity index is 835. The van der Waals surface area contributed by atoms with Gasteiger partial charge in [0, 0.05) is 12.6 Å². The molecule has 0 atom stereocenters. The first-order chi connectivity index (χ1) is 12.7. The second-order valence-electron chi connectivity index (χ2n) is 6.11. The summed E-state index contributed by atoms with van der Waals surface area (Å²) in [5, 5.41) is 2.57. The van der Waals surface area contributed by atoms with Gasteiger partial charge in [0.2, 0.25) is 0 Å². The summed E-state index contributed by atoms with van der Waals surface area (Å²) >= 11 is 4.92. The summed E-state index contributed by atoms with van der Waals surface area (Å²) in [6.07, 6.45) is -3.65. The Kier molecular flexibility index (Phi) is 6.70. The molecule has 0 unspecified atom stereocenters. The molecule has 2 rings (SSSR count). The van der Waals surface area contributed by atoms with Gasteiger partial charge in [-0.1, -0.05) is 19.1 Å². The van der Waals surface area contributed by atoms with E-state index in [0.29, 0.717) is 5.75 Å². The maximum absolute atomic E-state index is 13.5. The van der Waals surface area contributed by atoms with Crippen molar-refractivity contribution in [1.29, 1.82) is 0 Å². The number of hydrogen-bond acceptors (Lipinski definition) is 3. The van der Waals surface area contributed by atoms with Crippen LogP contribution in [0, 0.1) is 13.8 Å². The van der Waals surface area contributed by atoms with E-state index in [1.165, 1.54) is 24.7 Å². The lowest BCUT2D eigenvalue weighted by Crippen LogP contribution is -2.23.